The number of aromatic nitrogens is 2. The minimum atomic E-state index is -0.328. The molecule has 1 fully saturated rings. The van der Waals surface area contributed by atoms with E-state index in [-0.39, 0.29) is 17.7 Å². The van der Waals surface area contributed by atoms with Crippen molar-refractivity contribution in [2.24, 2.45) is 5.92 Å². The number of methoxy groups -OCH3 is 1. The van der Waals surface area contributed by atoms with Crippen molar-refractivity contribution >= 4 is 11.8 Å². The maximum atomic E-state index is 13.3. The van der Waals surface area contributed by atoms with Crippen LogP contribution < -0.4 is 4.74 Å². The molecular weight excluding hydrogens is 416 g/mol. The number of nitrogens with zero attached hydrogens (tertiary/aromatic N) is 3. The average molecular weight is 445 g/mol. The highest BCUT2D eigenvalue weighted by atomic mass is 16.5. The maximum Gasteiger partial charge on any atom is 0.271 e. The zero-order valence-electron chi connectivity index (χ0n) is 18.7. The molecule has 1 aliphatic heterocycles. The Hall–Kier alpha value is -3.87. The summed E-state index contributed by atoms with van der Waals surface area (Å²) in [6, 6.07) is 17.8. The number of nitrogens with one attached hydrogen (secondary N) is 1. The van der Waals surface area contributed by atoms with E-state index in [1.54, 1.807) is 35.2 Å². The largest absolute Gasteiger partial charge is 0.497 e. The van der Waals surface area contributed by atoms with Crippen LogP contribution in [-0.4, -0.2) is 65.1 Å². The second-order valence-electron chi connectivity index (χ2n) is 8.12. The highest BCUT2D eigenvalue weighted by Crippen LogP contribution is 2.24. The van der Waals surface area contributed by atoms with Gasteiger partial charge in [-0.25, -0.2) is 0 Å². The Morgan fingerprint density at radius 3 is 2.42 bits per heavy atom. The number of amides is 2. The van der Waals surface area contributed by atoms with E-state index < -0.39 is 0 Å². The van der Waals surface area contributed by atoms with Gasteiger partial charge in [0.1, 0.15) is 11.4 Å². The molecule has 33 heavy (non-hydrogen) atoms. The molecule has 0 saturated carbocycles. The fourth-order valence-electron chi connectivity index (χ4n) is 4.17. The van der Waals surface area contributed by atoms with Crippen LogP contribution in [0.5, 0.6) is 5.75 Å². The molecule has 7 nitrogen and oxygen atoms in total. The van der Waals surface area contributed by atoms with E-state index in [0.29, 0.717) is 38.3 Å². The molecule has 1 N–H and O–H groups in total. The van der Waals surface area contributed by atoms with Crippen LogP contribution in [0, 0.1) is 5.92 Å². The molecule has 0 radical (unpaired) electrons. The van der Waals surface area contributed by atoms with Gasteiger partial charge in [0, 0.05) is 32.4 Å². The molecule has 3 aromatic rings. The summed E-state index contributed by atoms with van der Waals surface area (Å²) in [5.74, 6) is 0.404. The second kappa shape index (κ2) is 10.2. The Labute approximate surface area is 193 Å². The minimum Gasteiger partial charge on any atom is -0.497 e. The zero-order valence-corrected chi connectivity index (χ0v) is 18.7. The SMILES string of the molecule is C=CCN1CCN(C(=O)c2ccn[nH]2)CC(Cc2ccc(-c3ccc(OC)cc3)cc2)C1=O. The Morgan fingerprint density at radius 1 is 1.12 bits per heavy atom. The zero-order chi connectivity index (χ0) is 23.2. The smallest absolute Gasteiger partial charge is 0.271 e. The van der Waals surface area contributed by atoms with Gasteiger partial charge in [-0.2, -0.15) is 5.10 Å². The first-order chi connectivity index (χ1) is 16.1. The Morgan fingerprint density at radius 2 is 1.82 bits per heavy atom. The Kier molecular flexibility index (Phi) is 6.88. The van der Waals surface area contributed by atoms with Crippen molar-refractivity contribution in [3.8, 4) is 16.9 Å². The van der Waals surface area contributed by atoms with Gasteiger partial charge in [0.05, 0.1) is 13.0 Å². The summed E-state index contributed by atoms with van der Waals surface area (Å²) in [5, 5.41) is 6.61. The molecule has 2 aromatic carbocycles. The molecule has 4 rings (SSSR count). The molecule has 170 valence electrons. The predicted molar refractivity (Wildman–Crippen MR) is 127 cm³/mol. The first-order valence-corrected chi connectivity index (χ1v) is 11.0. The lowest BCUT2D eigenvalue weighted by molar-refractivity contribution is -0.134. The number of hydrogen-bond donors (Lipinski definition) is 1. The van der Waals surface area contributed by atoms with Crippen molar-refractivity contribution in [3.63, 3.8) is 0 Å². The van der Waals surface area contributed by atoms with Crippen LogP contribution in [-0.2, 0) is 11.2 Å². The third-order valence-electron chi connectivity index (χ3n) is 5.97. The molecule has 1 aliphatic rings. The quantitative estimate of drug-likeness (QED) is 0.567. The van der Waals surface area contributed by atoms with Gasteiger partial charge < -0.3 is 14.5 Å². The van der Waals surface area contributed by atoms with E-state index in [0.717, 1.165) is 22.4 Å². The van der Waals surface area contributed by atoms with Gasteiger partial charge >= 0.3 is 0 Å². The molecule has 2 heterocycles. The summed E-state index contributed by atoms with van der Waals surface area (Å²) in [6.07, 6.45) is 3.84. The molecule has 0 spiro atoms. The van der Waals surface area contributed by atoms with Crippen LogP contribution in [0.2, 0.25) is 0 Å². The van der Waals surface area contributed by atoms with E-state index in [1.165, 1.54) is 0 Å². The lowest BCUT2D eigenvalue weighted by Crippen LogP contribution is -2.38. The molecule has 1 atom stereocenters. The van der Waals surface area contributed by atoms with Gasteiger partial charge in [0.25, 0.3) is 5.91 Å². The van der Waals surface area contributed by atoms with Crippen molar-refractivity contribution in [2.45, 2.75) is 6.42 Å². The molecule has 0 aliphatic carbocycles. The van der Waals surface area contributed by atoms with Crippen LogP contribution in [0.15, 0.2) is 73.4 Å². The molecular formula is C26H28N4O3. The van der Waals surface area contributed by atoms with Crippen LogP contribution in [0.3, 0.4) is 0 Å². The van der Waals surface area contributed by atoms with Crippen molar-refractivity contribution in [1.82, 2.24) is 20.0 Å². The highest BCUT2D eigenvalue weighted by molar-refractivity contribution is 5.93. The number of carbonyl (C=O) groups excluding carboxylic acids is 2. The van der Waals surface area contributed by atoms with Gasteiger partial charge in [-0.3, -0.25) is 14.7 Å². The van der Waals surface area contributed by atoms with Crippen LogP contribution in [0.25, 0.3) is 11.1 Å². The van der Waals surface area contributed by atoms with Crippen molar-refractivity contribution in [2.75, 3.05) is 33.3 Å². The summed E-state index contributed by atoms with van der Waals surface area (Å²) in [6.45, 7) is 5.57. The lowest BCUT2D eigenvalue weighted by atomic mass is 9.95. The second-order valence-corrected chi connectivity index (χ2v) is 8.12. The summed E-state index contributed by atoms with van der Waals surface area (Å²) in [4.78, 5) is 29.7. The van der Waals surface area contributed by atoms with Crippen LogP contribution in [0.1, 0.15) is 16.1 Å². The van der Waals surface area contributed by atoms with Gasteiger partial charge in [-0.1, -0.05) is 42.5 Å². The predicted octanol–water partition coefficient (Wildman–Crippen LogP) is 3.41. The van der Waals surface area contributed by atoms with Gasteiger partial charge in [0.15, 0.2) is 0 Å². The van der Waals surface area contributed by atoms with E-state index >= 15 is 0 Å². The standard InChI is InChI=1S/C26H28N4O3/c1-3-14-29-15-16-30(26(32)24-12-13-27-28-24)18-22(25(29)31)17-19-4-6-20(7-5-19)21-8-10-23(33-2)11-9-21/h3-13,22H,1,14-18H2,2H3,(H,27,28). The number of ether oxygens (including phenoxy) is 1. The van der Waals surface area contributed by atoms with Crippen LogP contribution >= 0.6 is 0 Å². The monoisotopic (exact) mass is 444 g/mol. The summed E-state index contributed by atoms with van der Waals surface area (Å²) < 4.78 is 5.23. The number of benzene rings is 2. The molecule has 2 amide bonds. The van der Waals surface area contributed by atoms with Crippen molar-refractivity contribution < 1.29 is 14.3 Å². The summed E-state index contributed by atoms with van der Waals surface area (Å²) >= 11 is 0. The number of hydrogen-bond acceptors (Lipinski definition) is 4. The third kappa shape index (κ3) is 5.14. The van der Waals surface area contributed by atoms with Gasteiger partial charge in [-0.05, 0) is 41.3 Å². The number of carbonyl (C=O) groups is 2. The Balaban J connectivity index is 1.52. The average Bonchev–Trinajstić information content (AvgIpc) is 3.35. The summed E-state index contributed by atoms with van der Waals surface area (Å²) in [7, 11) is 1.65. The molecule has 1 saturated heterocycles. The third-order valence-corrected chi connectivity index (χ3v) is 5.97. The first-order valence-electron chi connectivity index (χ1n) is 11.0. The van der Waals surface area contributed by atoms with Crippen molar-refractivity contribution in [3.05, 3.63) is 84.7 Å². The first kappa shape index (κ1) is 22.3. The number of H-pyrrole nitrogens is 1. The van der Waals surface area contributed by atoms with E-state index in [9.17, 15) is 9.59 Å². The number of rotatable bonds is 7. The van der Waals surface area contributed by atoms with Crippen LogP contribution in [0.4, 0.5) is 0 Å². The topological polar surface area (TPSA) is 78.5 Å². The lowest BCUT2D eigenvalue weighted by Gasteiger charge is -2.23. The molecule has 0 bridgehead atoms. The molecule has 7 heteroatoms. The number of aromatic amines is 1. The van der Waals surface area contributed by atoms with Crippen molar-refractivity contribution in [1.29, 1.82) is 0 Å². The molecule has 1 aromatic heterocycles. The minimum absolute atomic E-state index is 0.0500. The fraction of sp³-hybridized carbons (Fsp3) is 0.269. The highest BCUT2D eigenvalue weighted by Gasteiger charge is 2.32. The fourth-order valence-corrected chi connectivity index (χ4v) is 4.17. The Bertz CT molecular complexity index is 1090. The van der Waals surface area contributed by atoms with E-state index in [1.807, 2.05) is 24.3 Å². The maximum absolute atomic E-state index is 13.3. The summed E-state index contributed by atoms with van der Waals surface area (Å²) in [5.41, 5.74) is 3.68. The van der Waals surface area contributed by atoms with E-state index in [4.69, 9.17) is 4.74 Å². The van der Waals surface area contributed by atoms with Gasteiger partial charge in [0.2, 0.25) is 5.91 Å². The van der Waals surface area contributed by atoms with E-state index in [2.05, 4.69) is 41.0 Å². The molecule has 1 unspecified atom stereocenters. The normalized spacial score (nSPS) is 16.4. The van der Waals surface area contributed by atoms with Gasteiger partial charge in [-0.15, -0.1) is 6.58 Å².